The zero-order chi connectivity index (χ0) is 11.4. The molecule has 0 atom stereocenters. The molecule has 0 unspecified atom stereocenters. The third-order valence-electron chi connectivity index (χ3n) is 1.69. The van der Waals surface area contributed by atoms with Gasteiger partial charge in [0.25, 0.3) is 5.91 Å². The Morgan fingerprint density at radius 1 is 1.40 bits per heavy atom. The predicted octanol–water partition coefficient (Wildman–Crippen LogP) is 1.58. The van der Waals surface area contributed by atoms with E-state index in [2.05, 4.69) is 11.9 Å². The summed E-state index contributed by atoms with van der Waals surface area (Å²) in [6.45, 7) is 3.47. The molecule has 3 N–H and O–H groups in total. The minimum atomic E-state index is -0.604. The fraction of sp³-hybridized carbons (Fsp3) is 0.100. The van der Waals surface area contributed by atoms with Gasteiger partial charge in [0.1, 0.15) is 17.1 Å². The van der Waals surface area contributed by atoms with Crippen molar-refractivity contribution in [2.24, 2.45) is 0 Å². The zero-order valence-corrected chi connectivity index (χ0v) is 8.58. The number of aromatic hydroxyl groups is 2. The Kier molecular flexibility index (Phi) is 3.57. The molecular formula is C10H10ClNO3. The van der Waals surface area contributed by atoms with Gasteiger partial charge in [0.15, 0.2) is 0 Å². The molecule has 0 bridgehead atoms. The van der Waals surface area contributed by atoms with Crippen LogP contribution in [0.4, 0.5) is 0 Å². The van der Waals surface area contributed by atoms with Gasteiger partial charge in [-0.05, 0) is 12.1 Å². The van der Waals surface area contributed by atoms with Crippen LogP contribution in [0.15, 0.2) is 29.8 Å². The number of phenols is 2. The minimum absolute atomic E-state index is 0.0775. The molecule has 15 heavy (non-hydrogen) atoms. The summed E-state index contributed by atoms with van der Waals surface area (Å²) in [5.74, 6) is -1.17. The number of hydrogen-bond donors (Lipinski definition) is 3. The summed E-state index contributed by atoms with van der Waals surface area (Å²) in [7, 11) is 0. The summed E-state index contributed by atoms with van der Waals surface area (Å²) in [5, 5.41) is 21.4. The van der Waals surface area contributed by atoms with Gasteiger partial charge in [0, 0.05) is 5.03 Å². The lowest BCUT2D eigenvalue weighted by molar-refractivity contribution is 0.0952. The molecule has 0 aliphatic heterocycles. The number of carbonyl (C=O) groups excluding carboxylic acids is 1. The monoisotopic (exact) mass is 227 g/mol. The molecule has 1 amide bonds. The number of phenolic OH excluding ortho intramolecular Hbond substituents is 2. The van der Waals surface area contributed by atoms with E-state index in [-0.39, 0.29) is 28.6 Å². The molecule has 1 aromatic rings. The summed E-state index contributed by atoms with van der Waals surface area (Å²) >= 11 is 5.45. The van der Waals surface area contributed by atoms with E-state index in [1.165, 1.54) is 18.2 Å². The second-order valence-corrected chi connectivity index (χ2v) is 3.41. The summed E-state index contributed by atoms with van der Waals surface area (Å²) in [5.41, 5.74) is -0.171. The van der Waals surface area contributed by atoms with E-state index in [9.17, 15) is 15.0 Å². The average Bonchev–Trinajstić information content (AvgIpc) is 2.14. The molecule has 80 valence electrons. The standard InChI is InChI=1S/C10H10ClNO3/c1-6(11)5-12-10(15)9-7(13)3-2-4-8(9)14/h2-4,13-14H,1,5H2,(H,12,15). The van der Waals surface area contributed by atoms with Gasteiger partial charge in [0.2, 0.25) is 0 Å². The average molecular weight is 228 g/mol. The van der Waals surface area contributed by atoms with Gasteiger partial charge in [-0.1, -0.05) is 24.2 Å². The van der Waals surface area contributed by atoms with Crippen molar-refractivity contribution >= 4 is 17.5 Å². The first-order valence-corrected chi connectivity index (χ1v) is 4.52. The molecule has 0 heterocycles. The lowest BCUT2D eigenvalue weighted by Gasteiger charge is -2.07. The first kappa shape index (κ1) is 11.4. The highest BCUT2D eigenvalue weighted by Gasteiger charge is 2.15. The number of hydrogen-bond acceptors (Lipinski definition) is 3. The maximum atomic E-state index is 11.5. The van der Waals surface area contributed by atoms with Gasteiger partial charge >= 0.3 is 0 Å². The van der Waals surface area contributed by atoms with Gasteiger partial charge in [0.05, 0.1) is 6.54 Å². The fourth-order valence-corrected chi connectivity index (χ4v) is 1.09. The second-order valence-electron chi connectivity index (χ2n) is 2.87. The van der Waals surface area contributed by atoms with Crippen LogP contribution in [0.5, 0.6) is 11.5 Å². The molecule has 0 aliphatic carbocycles. The molecule has 0 fully saturated rings. The van der Waals surface area contributed by atoms with Crippen molar-refractivity contribution in [2.75, 3.05) is 6.54 Å². The number of nitrogens with one attached hydrogen (secondary N) is 1. The molecule has 0 saturated heterocycles. The number of benzene rings is 1. The Balaban J connectivity index is 2.86. The van der Waals surface area contributed by atoms with Crippen LogP contribution in [0.1, 0.15) is 10.4 Å². The lowest BCUT2D eigenvalue weighted by atomic mass is 10.1. The molecule has 1 aromatic carbocycles. The van der Waals surface area contributed by atoms with Crippen LogP contribution in [0.25, 0.3) is 0 Å². The van der Waals surface area contributed by atoms with E-state index in [1.54, 1.807) is 0 Å². The largest absolute Gasteiger partial charge is 0.507 e. The highest BCUT2D eigenvalue weighted by atomic mass is 35.5. The van der Waals surface area contributed by atoms with Crippen molar-refractivity contribution in [3.05, 3.63) is 35.4 Å². The molecule has 5 heteroatoms. The van der Waals surface area contributed by atoms with Gasteiger partial charge in [-0.25, -0.2) is 0 Å². The number of carbonyl (C=O) groups is 1. The molecule has 0 aliphatic rings. The van der Waals surface area contributed by atoms with Crippen LogP contribution >= 0.6 is 11.6 Å². The first-order valence-electron chi connectivity index (χ1n) is 4.14. The van der Waals surface area contributed by atoms with Crippen molar-refractivity contribution in [2.45, 2.75) is 0 Å². The van der Waals surface area contributed by atoms with Crippen molar-refractivity contribution in [3.8, 4) is 11.5 Å². The Morgan fingerprint density at radius 3 is 2.40 bits per heavy atom. The summed E-state index contributed by atoms with van der Waals surface area (Å²) in [6.07, 6.45) is 0. The van der Waals surface area contributed by atoms with Crippen molar-refractivity contribution in [3.63, 3.8) is 0 Å². The Labute approximate surface area is 91.8 Å². The van der Waals surface area contributed by atoms with E-state index >= 15 is 0 Å². The second kappa shape index (κ2) is 4.70. The maximum Gasteiger partial charge on any atom is 0.259 e. The van der Waals surface area contributed by atoms with Crippen LogP contribution < -0.4 is 5.32 Å². The van der Waals surface area contributed by atoms with E-state index in [1.807, 2.05) is 0 Å². The Morgan fingerprint density at radius 2 is 1.93 bits per heavy atom. The smallest absolute Gasteiger partial charge is 0.259 e. The number of halogens is 1. The summed E-state index contributed by atoms with van der Waals surface area (Å²) in [4.78, 5) is 11.5. The molecule has 0 spiro atoms. The van der Waals surface area contributed by atoms with E-state index in [0.717, 1.165) is 0 Å². The van der Waals surface area contributed by atoms with Gasteiger partial charge in [-0.2, -0.15) is 0 Å². The van der Waals surface area contributed by atoms with Crippen LogP contribution in [0.3, 0.4) is 0 Å². The Bertz CT molecular complexity index is 383. The summed E-state index contributed by atoms with van der Waals surface area (Å²) in [6, 6.07) is 4.05. The van der Waals surface area contributed by atoms with E-state index in [0.29, 0.717) is 0 Å². The maximum absolute atomic E-state index is 11.5. The summed E-state index contributed by atoms with van der Waals surface area (Å²) < 4.78 is 0. The van der Waals surface area contributed by atoms with Crippen LogP contribution in [0.2, 0.25) is 0 Å². The molecule has 4 nitrogen and oxygen atoms in total. The molecule has 1 rings (SSSR count). The van der Waals surface area contributed by atoms with Gasteiger partial charge < -0.3 is 15.5 Å². The highest BCUT2D eigenvalue weighted by molar-refractivity contribution is 6.29. The molecule has 0 saturated carbocycles. The van der Waals surface area contributed by atoms with Crippen molar-refractivity contribution < 1.29 is 15.0 Å². The normalized spacial score (nSPS) is 9.67. The topological polar surface area (TPSA) is 69.6 Å². The number of amides is 1. The van der Waals surface area contributed by atoms with Crippen molar-refractivity contribution in [1.82, 2.24) is 5.32 Å². The van der Waals surface area contributed by atoms with Crippen LogP contribution in [-0.2, 0) is 0 Å². The predicted molar refractivity (Wildman–Crippen MR) is 57.1 cm³/mol. The number of rotatable bonds is 3. The van der Waals surface area contributed by atoms with Gasteiger partial charge in [-0.3, -0.25) is 4.79 Å². The van der Waals surface area contributed by atoms with Crippen LogP contribution in [-0.4, -0.2) is 22.7 Å². The third-order valence-corrected chi connectivity index (χ3v) is 1.82. The first-order chi connectivity index (χ1) is 7.02. The van der Waals surface area contributed by atoms with Crippen LogP contribution in [0, 0.1) is 0 Å². The zero-order valence-electron chi connectivity index (χ0n) is 7.83. The molecule has 0 radical (unpaired) electrons. The Hall–Kier alpha value is -1.68. The van der Waals surface area contributed by atoms with E-state index in [4.69, 9.17) is 11.6 Å². The fourth-order valence-electron chi connectivity index (χ4n) is 1.03. The molecular weight excluding hydrogens is 218 g/mol. The third kappa shape index (κ3) is 2.89. The minimum Gasteiger partial charge on any atom is -0.507 e. The van der Waals surface area contributed by atoms with E-state index < -0.39 is 5.91 Å². The quantitative estimate of drug-likeness (QED) is 0.734. The van der Waals surface area contributed by atoms with Crippen molar-refractivity contribution in [1.29, 1.82) is 0 Å². The SMILES string of the molecule is C=C(Cl)CNC(=O)c1c(O)cccc1O. The van der Waals surface area contributed by atoms with Gasteiger partial charge in [-0.15, -0.1) is 0 Å². The lowest BCUT2D eigenvalue weighted by Crippen LogP contribution is -2.24. The molecule has 0 aromatic heterocycles. The highest BCUT2D eigenvalue weighted by Crippen LogP contribution is 2.25.